The van der Waals surface area contributed by atoms with Crippen molar-refractivity contribution in [3.05, 3.63) is 82.7 Å². The lowest BCUT2D eigenvalue weighted by molar-refractivity contribution is -0.142. The maximum absolute atomic E-state index is 14.6. The first-order chi connectivity index (χ1) is 25.3. The van der Waals surface area contributed by atoms with Gasteiger partial charge in [0, 0.05) is 30.9 Å². The Hall–Kier alpha value is -4.57. The summed E-state index contributed by atoms with van der Waals surface area (Å²) < 4.78 is 47.9. The van der Waals surface area contributed by atoms with Crippen molar-refractivity contribution in [2.45, 2.75) is 108 Å². The minimum absolute atomic E-state index is 0.0106. The molecule has 0 bridgehead atoms. The van der Waals surface area contributed by atoms with Crippen molar-refractivity contribution in [3.63, 3.8) is 0 Å². The van der Waals surface area contributed by atoms with E-state index >= 15 is 0 Å². The molecule has 2 aromatic rings. The predicted molar refractivity (Wildman–Crippen MR) is 191 cm³/mol. The molecular formula is C40H45FN4O7S. The van der Waals surface area contributed by atoms with Crippen LogP contribution in [-0.4, -0.2) is 65.3 Å². The molecular weight excluding hydrogens is 700 g/mol. The van der Waals surface area contributed by atoms with E-state index in [9.17, 15) is 37.2 Å². The number of ketones is 1. The molecule has 0 unspecified atom stereocenters. The van der Waals surface area contributed by atoms with Crippen LogP contribution in [0.3, 0.4) is 0 Å². The maximum Gasteiger partial charge on any atom is 0.410 e. The van der Waals surface area contributed by atoms with Gasteiger partial charge in [-0.25, -0.2) is 17.6 Å². The molecule has 5 aliphatic rings. The summed E-state index contributed by atoms with van der Waals surface area (Å²) in [4.78, 5) is 59.2. The monoisotopic (exact) mass is 744 g/mol. The number of nitrogens with zero attached hydrogens (tertiary/aromatic N) is 3. The Morgan fingerprint density at radius 3 is 2.64 bits per heavy atom. The van der Waals surface area contributed by atoms with Crippen LogP contribution in [0.25, 0.3) is 0 Å². The van der Waals surface area contributed by atoms with Crippen molar-refractivity contribution in [3.8, 4) is 6.07 Å². The molecule has 280 valence electrons. The molecule has 53 heavy (non-hydrogen) atoms. The number of carbonyl (C=O) groups excluding carboxylic acids is 4. The number of fused-ring (bicyclic) bond motifs is 3. The standard InChI is InChI=1S/C40H45FN4O7S/c1-39(15-16-39)53(50,51)43-37(48)40-20-30(40)13-6-4-2-3-5-11-28(18-26-9-7-10-27(17-26)22-42)36(47)45-24-31(19-34(45)35(46)21-40)52-38(49)44-23-29-12-8-14-33(41)32(29)25-44/h6-10,12-14,17,28,30-31,34H,2-5,11,15-16,18-21,23-25H2,1H3,(H,43,48)/b13-6-/t28-,30+,31-,34+,40-/m1/s1. The average Bonchev–Trinajstić information content (AvgIpc) is 3.92. The first-order valence-corrected chi connectivity index (χ1v) is 20.1. The van der Waals surface area contributed by atoms with Gasteiger partial charge >= 0.3 is 6.09 Å². The van der Waals surface area contributed by atoms with Gasteiger partial charge in [-0.3, -0.25) is 24.0 Å². The normalized spacial score (nSPS) is 28.7. The molecule has 0 spiro atoms. The highest BCUT2D eigenvalue weighted by molar-refractivity contribution is 7.91. The molecule has 13 heteroatoms. The third-order valence-electron chi connectivity index (χ3n) is 12.0. The lowest BCUT2D eigenvalue weighted by Gasteiger charge is -2.29. The first-order valence-electron chi connectivity index (χ1n) is 18.6. The van der Waals surface area contributed by atoms with E-state index in [1.807, 2.05) is 18.2 Å². The quantitative estimate of drug-likeness (QED) is 0.383. The van der Waals surface area contributed by atoms with Gasteiger partial charge in [-0.1, -0.05) is 49.3 Å². The third-order valence-corrected chi connectivity index (χ3v) is 14.1. The van der Waals surface area contributed by atoms with Gasteiger partial charge in [-0.15, -0.1) is 0 Å². The van der Waals surface area contributed by atoms with Crippen LogP contribution in [0.4, 0.5) is 9.18 Å². The fourth-order valence-electron chi connectivity index (χ4n) is 8.20. The zero-order valence-electron chi connectivity index (χ0n) is 29.9. The Labute approximate surface area is 309 Å². The molecule has 2 aromatic carbocycles. The summed E-state index contributed by atoms with van der Waals surface area (Å²) in [5.41, 5.74) is 1.12. The highest BCUT2D eigenvalue weighted by Gasteiger charge is 2.62. The fraction of sp³-hybridized carbons (Fsp3) is 0.525. The molecule has 7 rings (SSSR count). The van der Waals surface area contributed by atoms with E-state index in [1.54, 1.807) is 37.3 Å². The van der Waals surface area contributed by atoms with E-state index in [2.05, 4.69) is 10.8 Å². The summed E-state index contributed by atoms with van der Waals surface area (Å²) in [6, 6.07) is 12.9. The third kappa shape index (κ3) is 7.48. The van der Waals surface area contributed by atoms with Gasteiger partial charge in [0.15, 0.2) is 5.78 Å². The molecule has 1 saturated heterocycles. The van der Waals surface area contributed by atoms with E-state index in [0.717, 1.165) is 31.2 Å². The summed E-state index contributed by atoms with van der Waals surface area (Å²) in [6.07, 6.45) is 7.43. The van der Waals surface area contributed by atoms with Gasteiger partial charge in [0.1, 0.15) is 11.9 Å². The summed E-state index contributed by atoms with van der Waals surface area (Å²) in [7, 11) is -3.96. The van der Waals surface area contributed by atoms with E-state index in [4.69, 9.17) is 4.74 Å². The highest BCUT2D eigenvalue weighted by Crippen LogP contribution is 2.57. The lowest BCUT2D eigenvalue weighted by atomic mass is 9.89. The zero-order chi connectivity index (χ0) is 37.5. The molecule has 11 nitrogen and oxygen atoms in total. The summed E-state index contributed by atoms with van der Waals surface area (Å²) in [6.45, 7) is 1.76. The number of benzene rings is 2. The van der Waals surface area contributed by atoms with Crippen LogP contribution in [0.1, 0.15) is 93.4 Å². The number of sulfonamides is 1. The number of hydrogen-bond acceptors (Lipinski definition) is 8. The van der Waals surface area contributed by atoms with Gasteiger partial charge in [-0.2, -0.15) is 5.26 Å². The SMILES string of the molecule is CC1(S(=O)(=O)NC(=O)[C@]23CC(=O)[C@@H]4C[C@@H](OC(=O)N5Cc6cccc(F)c6C5)CN4C(=O)[C@@H](Cc4cccc(C#N)c4)CCCCC/C=C\[C@H]2C3)CC1. The Balaban J connectivity index is 1.16. The van der Waals surface area contributed by atoms with Gasteiger partial charge in [0.05, 0.1) is 40.9 Å². The minimum atomic E-state index is -3.96. The van der Waals surface area contributed by atoms with Crippen LogP contribution in [0.5, 0.6) is 0 Å². The number of amides is 3. The largest absolute Gasteiger partial charge is 0.444 e. The van der Waals surface area contributed by atoms with Crippen molar-refractivity contribution in [2.75, 3.05) is 6.54 Å². The Kier molecular flexibility index (Phi) is 9.95. The highest BCUT2D eigenvalue weighted by atomic mass is 32.2. The molecule has 2 saturated carbocycles. The number of allylic oxidation sites excluding steroid dienone is 2. The Morgan fingerprint density at radius 2 is 1.89 bits per heavy atom. The molecule has 0 aromatic heterocycles. The number of nitriles is 1. The molecule has 1 N–H and O–H groups in total. The molecule has 5 atom stereocenters. The second-order valence-corrected chi connectivity index (χ2v) is 18.0. The smallest absolute Gasteiger partial charge is 0.410 e. The Bertz CT molecular complexity index is 2010. The van der Waals surface area contributed by atoms with Gasteiger partial charge < -0.3 is 9.64 Å². The van der Waals surface area contributed by atoms with Crippen LogP contribution in [-0.2, 0) is 48.7 Å². The fourth-order valence-corrected chi connectivity index (χ4v) is 9.53. The number of ether oxygens (including phenoxy) is 1. The van der Waals surface area contributed by atoms with Crippen molar-refractivity contribution in [1.29, 1.82) is 5.26 Å². The second-order valence-electron chi connectivity index (χ2n) is 15.8. The van der Waals surface area contributed by atoms with Crippen LogP contribution >= 0.6 is 0 Å². The van der Waals surface area contributed by atoms with Crippen LogP contribution in [0, 0.1) is 34.4 Å². The maximum atomic E-state index is 14.6. The van der Waals surface area contributed by atoms with Crippen molar-refractivity contribution in [1.82, 2.24) is 14.5 Å². The lowest BCUT2D eigenvalue weighted by Crippen LogP contribution is -2.47. The van der Waals surface area contributed by atoms with Gasteiger partial charge in [-0.05, 0) is 87.1 Å². The number of hydrogen-bond donors (Lipinski definition) is 1. The first kappa shape index (κ1) is 36.8. The number of nitrogens with one attached hydrogen (secondary N) is 1. The van der Waals surface area contributed by atoms with Crippen LogP contribution in [0.2, 0.25) is 0 Å². The molecule has 3 heterocycles. The summed E-state index contributed by atoms with van der Waals surface area (Å²) >= 11 is 0. The number of Topliss-reactive ketones (excluding diaryl/α,β-unsaturated/α-hetero) is 1. The summed E-state index contributed by atoms with van der Waals surface area (Å²) in [5.74, 6) is -2.64. The van der Waals surface area contributed by atoms with Gasteiger partial charge in [0.2, 0.25) is 21.8 Å². The topological polar surface area (TPSA) is 154 Å². The molecule has 3 aliphatic heterocycles. The second kappa shape index (κ2) is 14.3. The average molecular weight is 745 g/mol. The zero-order valence-corrected chi connectivity index (χ0v) is 30.7. The minimum Gasteiger partial charge on any atom is -0.444 e. The number of halogens is 1. The van der Waals surface area contributed by atoms with Crippen LogP contribution < -0.4 is 4.72 Å². The Morgan fingerprint density at radius 1 is 1.09 bits per heavy atom. The molecule has 2 aliphatic carbocycles. The predicted octanol–water partition coefficient (Wildman–Crippen LogP) is 5.46. The number of rotatable bonds is 6. The van der Waals surface area contributed by atoms with Crippen molar-refractivity contribution >= 4 is 33.7 Å². The van der Waals surface area contributed by atoms with Gasteiger partial charge in [0.25, 0.3) is 0 Å². The molecule has 0 radical (unpaired) electrons. The number of carbonyl (C=O) groups is 4. The summed E-state index contributed by atoms with van der Waals surface area (Å²) in [5, 5.41) is 9.49. The van der Waals surface area contributed by atoms with E-state index in [1.165, 1.54) is 15.9 Å². The molecule has 3 fully saturated rings. The van der Waals surface area contributed by atoms with E-state index in [0.29, 0.717) is 48.8 Å². The molecule has 3 amide bonds. The van der Waals surface area contributed by atoms with E-state index in [-0.39, 0.29) is 44.3 Å². The van der Waals surface area contributed by atoms with Crippen molar-refractivity contribution in [2.24, 2.45) is 17.3 Å². The van der Waals surface area contributed by atoms with Crippen molar-refractivity contribution < 1.29 is 36.7 Å². The van der Waals surface area contributed by atoms with Crippen LogP contribution in [0.15, 0.2) is 54.6 Å². The van der Waals surface area contributed by atoms with E-state index < -0.39 is 61.8 Å².